The number of anilines is 1. The fourth-order valence-corrected chi connectivity index (χ4v) is 4.61. The van der Waals surface area contributed by atoms with Crippen LogP contribution < -0.4 is 20.1 Å². The largest absolute Gasteiger partial charge is 0.497 e. The summed E-state index contributed by atoms with van der Waals surface area (Å²) in [6.07, 6.45) is 3.68. The second-order valence-electron chi connectivity index (χ2n) is 8.37. The normalized spacial score (nSPS) is 11.0. The van der Waals surface area contributed by atoms with E-state index < -0.39 is 16.1 Å². The number of halogens is 1. The van der Waals surface area contributed by atoms with Gasteiger partial charge in [-0.1, -0.05) is 38.4 Å². The summed E-state index contributed by atoms with van der Waals surface area (Å²) >= 11 is 5.64. The highest BCUT2D eigenvalue weighted by molar-refractivity contribution is 7.90. The number of urea groups is 1. The first-order valence-electron chi connectivity index (χ1n) is 12.7. The van der Waals surface area contributed by atoms with Gasteiger partial charge >= 0.3 is 6.03 Å². The lowest BCUT2D eigenvalue weighted by atomic mass is 10.1. The van der Waals surface area contributed by atoms with Crippen molar-refractivity contribution in [1.82, 2.24) is 19.9 Å². The lowest BCUT2D eigenvalue weighted by molar-refractivity contribution is 0.246. The SMILES string of the molecule is CCCNC(=O)NS(=O)(=O)c1ccc(Cl)cc1.CCN(CC)CCCNc1cc(OC)cc2cccnc12. The Morgan fingerprint density at radius 1 is 1.05 bits per heavy atom. The average molecular weight is 564 g/mol. The smallest absolute Gasteiger partial charge is 0.328 e. The van der Waals surface area contributed by atoms with E-state index in [4.69, 9.17) is 16.3 Å². The predicted octanol–water partition coefficient (Wildman–Crippen LogP) is 5.13. The number of nitrogens with one attached hydrogen (secondary N) is 3. The highest BCUT2D eigenvalue weighted by Gasteiger charge is 2.16. The lowest BCUT2D eigenvalue weighted by Gasteiger charge is -2.18. The number of hydrogen-bond acceptors (Lipinski definition) is 7. The molecule has 1 heterocycles. The van der Waals surface area contributed by atoms with Crippen molar-refractivity contribution in [3.05, 3.63) is 59.8 Å². The summed E-state index contributed by atoms with van der Waals surface area (Å²) in [5, 5.41) is 7.44. The van der Waals surface area contributed by atoms with Gasteiger partial charge in [0.1, 0.15) is 5.75 Å². The maximum atomic E-state index is 11.7. The summed E-state index contributed by atoms with van der Waals surface area (Å²) in [6, 6.07) is 12.9. The number of ether oxygens (including phenoxy) is 1. The molecule has 0 unspecified atom stereocenters. The molecule has 38 heavy (non-hydrogen) atoms. The molecule has 1 aromatic heterocycles. The maximum absolute atomic E-state index is 11.7. The van der Waals surface area contributed by atoms with Gasteiger partial charge in [0.05, 0.1) is 23.2 Å². The van der Waals surface area contributed by atoms with Crippen LogP contribution in [0, 0.1) is 0 Å². The number of hydrogen-bond donors (Lipinski definition) is 3. The summed E-state index contributed by atoms with van der Waals surface area (Å²) in [5.41, 5.74) is 2.05. The van der Waals surface area contributed by atoms with Gasteiger partial charge in [-0.25, -0.2) is 17.9 Å². The third kappa shape index (κ3) is 10.00. The summed E-state index contributed by atoms with van der Waals surface area (Å²) in [6.45, 7) is 11.0. The van der Waals surface area contributed by atoms with E-state index >= 15 is 0 Å². The number of benzene rings is 2. The first kappa shape index (κ1) is 31.1. The molecule has 0 aliphatic rings. The van der Waals surface area contributed by atoms with Crippen molar-refractivity contribution in [2.75, 3.05) is 45.2 Å². The molecule has 0 radical (unpaired) electrons. The molecule has 9 nitrogen and oxygen atoms in total. The van der Waals surface area contributed by atoms with Crippen LogP contribution in [-0.4, -0.2) is 64.2 Å². The van der Waals surface area contributed by atoms with Crippen molar-refractivity contribution < 1.29 is 17.9 Å². The Bertz CT molecular complexity index is 1250. The molecule has 0 fully saturated rings. The van der Waals surface area contributed by atoms with Crippen LogP contribution in [0.4, 0.5) is 10.5 Å². The number of nitrogens with zero attached hydrogens (tertiary/aromatic N) is 2. The minimum Gasteiger partial charge on any atom is -0.497 e. The second-order valence-corrected chi connectivity index (χ2v) is 10.5. The van der Waals surface area contributed by atoms with E-state index in [2.05, 4.69) is 40.4 Å². The van der Waals surface area contributed by atoms with Crippen LogP contribution in [0.25, 0.3) is 10.9 Å². The topological polar surface area (TPSA) is 113 Å². The number of pyridine rings is 1. The molecule has 0 atom stereocenters. The van der Waals surface area contributed by atoms with Gasteiger partial charge < -0.3 is 20.3 Å². The van der Waals surface area contributed by atoms with Crippen molar-refractivity contribution in [2.45, 2.75) is 38.5 Å². The van der Waals surface area contributed by atoms with E-state index in [1.807, 2.05) is 36.0 Å². The third-order valence-electron chi connectivity index (χ3n) is 5.66. The summed E-state index contributed by atoms with van der Waals surface area (Å²) < 4.78 is 30.7. The fraction of sp³-hybridized carbons (Fsp3) is 0.407. The van der Waals surface area contributed by atoms with E-state index in [0.717, 1.165) is 61.4 Å². The van der Waals surface area contributed by atoms with Gasteiger partial charge in [0, 0.05) is 35.8 Å². The molecule has 0 saturated heterocycles. The quantitative estimate of drug-likeness (QED) is 0.262. The molecule has 0 aliphatic carbocycles. The molecule has 3 rings (SSSR count). The Balaban J connectivity index is 0.000000273. The highest BCUT2D eigenvalue weighted by Crippen LogP contribution is 2.27. The molecule has 3 aromatic rings. The zero-order chi connectivity index (χ0) is 28.0. The molecular formula is C27H38ClN5O4S. The molecule has 2 aromatic carbocycles. The molecule has 3 N–H and O–H groups in total. The minimum absolute atomic E-state index is 0.00597. The number of sulfonamides is 1. The third-order valence-corrected chi connectivity index (χ3v) is 7.26. The molecule has 0 spiro atoms. The van der Waals surface area contributed by atoms with E-state index in [1.165, 1.54) is 24.3 Å². The van der Waals surface area contributed by atoms with Gasteiger partial charge in [-0.3, -0.25) is 4.98 Å². The Kier molecular flexibility index (Phi) is 13.1. The van der Waals surface area contributed by atoms with Crippen LogP contribution in [-0.2, 0) is 10.0 Å². The Morgan fingerprint density at radius 3 is 2.39 bits per heavy atom. The Hall–Kier alpha value is -3.08. The molecule has 11 heteroatoms. The van der Waals surface area contributed by atoms with Crippen molar-refractivity contribution >= 4 is 44.2 Å². The molecule has 2 amide bonds. The number of methoxy groups -OCH3 is 1. The van der Waals surface area contributed by atoms with Gasteiger partial charge in [0.25, 0.3) is 10.0 Å². The Morgan fingerprint density at radius 2 is 1.76 bits per heavy atom. The molecule has 0 aliphatic heterocycles. The van der Waals surface area contributed by atoms with Gasteiger partial charge in [0.15, 0.2) is 0 Å². The van der Waals surface area contributed by atoms with Gasteiger partial charge in [-0.15, -0.1) is 0 Å². The zero-order valence-electron chi connectivity index (χ0n) is 22.5. The van der Waals surface area contributed by atoms with Gasteiger partial charge in [-0.2, -0.15) is 0 Å². The van der Waals surface area contributed by atoms with Crippen molar-refractivity contribution in [1.29, 1.82) is 0 Å². The monoisotopic (exact) mass is 563 g/mol. The van der Waals surface area contributed by atoms with Crippen molar-refractivity contribution in [2.24, 2.45) is 0 Å². The summed E-state index contributed by atoms with van der Waals surface area (Å²) in [4.78, 5) is 18.1. The van der Waals surface area contributed by atoms with Crippen LogP contribution in [0.1, 0.15) is 33.6 Å². The van der Waals surface area contributed by atoms with Crippen LogP contribution in [0.5, 0.6) is 5.75 Å². The fourth-order valence-electron chi connectivity index (χ4n) is 3.55. The standard InChI is InChI=1S/C17H25N3O.C10H13ClN2O3S/c1-4-20(5-2)11-7-10-18-16-13-15(21-3)12-14-8-6-9-19-17(14)16;1-2-7-12-10(14)13-17(15,16)9-5-3-8(11)4-6-9/h6,8-9,12-13,18H,4-5,7,10-11H2,1-3H3;3-6H,2,7H2,1H3,(H2,12,13,14). The lowest BCUT2D eigenvalue weighted by Crippen LogP contribution is -2.39. The van der Waals surface area contributed by atoms with Crippen LogP contribution in [0.3, 0.4) is 0 Å². The number of rotatable bonds is 12. The van der Waals surface area contributed by atoms with Crippen LogP contribution >= 0.6 is 11.6 Å². The maximum Gasteiger partial charge on any atom is 0.328 e. The predicted molar refractivity (Wildman–Crippen MR) is 155 cm³/mol. The number of carbonyl (C=O) groups excluding carboxylic acids is 1. The number of fused-ring (bicyclic) bond motifs is 1. The minimum atomic E-state index is -3.83. The highest BCUT2D eigenvalue weighted by atomic mass is 35.5. The van der Waals surface area contributed by atoms with Crippen LogP contribution in [0.2, 0.25) is 5.02 Å². The second kappa shape index (κ2) is 16.0. The van der Waals surface area contributed by atoms with Gasteiger partial charge in [0.2, 0.25) is 0 Å². The van der Waals surface area contributed by atoms with Crippen LogP contribution in [0.15, 0.2) is 59.6 Å². The van der Waals surface area contributed by atoms with E-state index in [9.17, 15) is 13.2 Å². The van der Waals surface area contributed by atoms with Crippen molar-refractivity contribution in [3.8, 4) is 5.75 Å². The average Bonchev–Trinajstić information content (AvgIpc) is 2.92. The van der Waals surface area contributed by atoms with Gasteiger partial charge in [-0.05, 0) is 68.9 Å². The number of aromatic nitrogens is 1. The summed E-state index contributed by atoms with van der Waals surface area (Å²) in [7, 11) is -2.13. The summed E-state index contributed by atoms with van der Waals surface area (Å²) in [5.74, 6) is 0.863. The number of amides is 2. The van der Waals surface area contributed by atoms with E-state index in [0.29, 0.717) is 11.6 Å². The van der Waals surface area contributed by atoms with E-state index in [-0.39, 0.29) is 4.90 Å². The van der Waals surface area contributed by atoms with E-state index in [1.54, 1.807) is 7.11 Å². The molecule has 0 saturated carbocycles. The first-order valence-corrected chi connectivity index (χ1v) is 14.5. The zero-order valence-corrected chi connectivity index (χ0v) is 24.0. The molecular weight excluding hydrogens is 526 g/mol. The van der Waals surface area contributed by atoms with Crippen molar-refractivity contribution in [3.63, 3.8) is 0 Å². The molecule has 0 bridgehead atoms. The Labute approximate surface area is 231 Å². The molecule has 208 valence electrons. The number of carbonyl (C=O) groups is 1. The first-order chi connectivity index (χ1) is 18.2.